The molecule has 4 heteroatoms. The van der Waals surface area contributed by atoms with E-state index in [4.69, 9.17) is 0 Å². The summed E-state index contributed by atoms with van der Waals surface area (Å²) < 4.78 is 1.74. The summed E-state index contributed by atoms with van der Waals surface area (Å²) in [7, 11) is 1.80. The number of nitrogens with one attached hydrogen (secondary N) is 1. The van der Waals surface area contributed by atoms with Crippen LogP contribution in [0.5, 0.6) is 0 Å². The zero-order chi connectivity index (χ0) is 18.7. The van der Waals surface area contributed by atoms with Gasteiger partial charge in [-0.3, -0.25) is 9.59 Å². The van der Waals surface area contributed by atoms with Crippen LogP contribution >= 0.6 is 0 Å². The molecule has 0 atom stereocenters. The van der Waals surface area contributed by atoms with Crippen molar-refractivity contribution in [2.24, 2.45) is 7.05 Å². The number of carbonyl (C=O) groups is 2. The summed E-state index contributed by atoms with van der Waals surface area (Å²) in [4.78, 5) is 23.7. The lowest BCUT2D eigenvalue weighted by Gasteiger charge is -2.06. The number of hydrogen-bond donors (Lipinski definition) is 1. The highest BCUT2D eigenvalue weighted by molar-refractivity contribution is 5.98. The Bertz CT molecular complexity index is 935. The number of aryl methyl sites for hydroxylation is 2. The monoisotopic (exact) mass is 346 g/mol. The number of amides is 1. The molecular weight excluding hydrogens is 324 g/mol. The molecule has 1 N–H and O–H groups in total. The predicted molar refractivity (Wildman–Crippen MR) is 104 cm³/mol. The third-order valence-corrected chi connectivity index (χ3v) is 4.31. The summed E-state index contributed by atoms with van der Waals surface area (Å²) in [6, 6.07) is 18.2. The minimum Gasteiger partial charge on any atom is -0.346 e. The first-order valence-electron chi connectivity index (χ1n) is 8.55. The third kappa shape index (κ3) is 4.09. The summed E-state index contributed by atoms with van der Waals surface area (Å²) in [6.07, 6.45) is 2.07. The van der Waals surface area contributed by atoms with Crippen LogP contribution < -0.4 is 5.32 Å². The van der Waals surface area contributed by atoms with E-state index in [-0.39, 0.29) is 11.7 Å². The summed E-state index contributed by atoms with van der Waals surface area (Å²) in [6.45, 7) is 3.52. The predicted octanol–water partition coefficient (Wildman–Crippen LogP) is 4.38. The quantitative estimate of drug-likeness (QED) is 0.697. The molecule has 0 bridgehead atoms. The number of ketones is 1. The van der Waals surface area contributed by atoms with Gasteiger partial charge in [0.15, 0.2) is 5.78 Å². The zero-order valence-electron chi connectivity index (χ0n) is 15.2. The molecule has 0 saturated heterocycles. The van der Waals surface area contributed by atoms with Gasteiger partial charge in [-0.1, -0.05) is 54.1 Å². The average molecular weight is 346 g/mol. The Morgan fingerprint density at radius 3 is 2.12 bits per heavy atom. The minimum atomic E-state index is -0.152. The second-order valence-corrected chi connectivity index (χ2v) is 6.57. The SMILES string of the molecule is CC(=O)Nc1cc(C(=O)Cc2ccc(-c3ccc(C)cc3)cc2)n(C)c1. The highest BCUT2D eigenvalue weighted by Crippen LogP contribution is 2.21. The second-order valence-electron chi connectivity index (χ2n) is 6.57. The van der Waals surface area contributed by atoms with Crippen LogP contribution in [-0.4, -0.2) is 16.3 Å². The van der Waals surface area contributed by atoms with E-state index in [0.29, 0.717) is 17.8 Å². The summed E-state index contributed by atoms with van der Waals surface area (Å²) in [5.41, 5.74) is 5.71. The van der Waals surface area contributed by atoms with Crippen molar-refractivity contribution in [3.8, 4) is 11.1 Å². The first-order chi connectivity index (χ1) is 12.4. The molecule has 1 aromatic heterocycles. The van der Waals surface area contributed by atoms with Crippen molar-refractivity contribution in [3.63, 3.8) is 0 Å². The lowest BCUT2D eigenvalue weighted by molar-refractivity contribution is -0.114. The first-order valence-corrected chi connectivity index (χ1v) is 8.55. The maximum Gasteiger partial charge on any atom is 0.221 e. The van der Waals surface area contributed by atoms with Gasteiger partial charge < -0.3 is 9.88 Å². The van der Waals surface area contributed by atoms with Crippen LogP contribution in [0.3, 0.4) is 0 Å². The van der Waals surface area contributed by atoms with E-state index >= 15 is 0 Å². The van der Waals surface area contributed by atoms with Crippen LogP contribution in [0.1, 0.15) is 28.5 Å². The minimum absolute atomic E-state index is 0.0205. The Labute approximate surface area is 153 Å². The average Bonchev–Trinajstić information content (AvgIpc) is 2.96. The lowest BCUT2D eigenvalue weighted by Crippen LogP contribution is -2.08. The molecule has 0 aliphatic carbocycles. The van der Waals surface area contributed by atoms with Crippen LogP contribution in [0.4, 0.5) is 5.69 Å². The molecule has 0 unspecified atom stereocenters. The number of hydrogen-bond acceptors (Lipinski definition) is 2. The summed E-state index contributed by atoms with van der Waals surface area (Å²) in [5, 5.41) is 2.70. The molecule has 132 valence electrons. The Balaban J connectivity index is 1.72. The van der Waals surface area contributed by atoms with Gasteiger partial charge in [0.25, 0.3) is 0 Å². The van der Waals surface area contributed by atoms with Crippen molar-refractivity contribution in [1.82, 2.24) is 4.57 Å². The van der Waals surface area contributed by atoms with Crippen LogP contribution in [-0.2, 0) is 18.3 Å². The van der Waals surface area contributed by atoms with Crippen LogP contribution in [0, 0.1) is 6.92 Å². The van der Waals surface area contributed by atoms with Gasteiger partial charge in [0, 0.05) is 26.6 Å². The third-order valence-electron chi connectivity index (χ3n) is 4.31. The number of aromatic nitrogens is 1. The van der Waals surface area contributed by atoms with Crippen LogP contribution in [0.2, 0.25) is 0 Å². The van der Waals surface area contributed by atoms with E-state index in [9.17, 15) is 9.59 Å². The molecule has 0 radical (unpaired) electrons. The van der Waals surface area contributed by atoms with E-state index in [0.717, 1.165) is 16.7 Å². The number of Topliss-reactive ketones (excluding diaryl/α,β-unsaturated/α-hetero) is 1. The van der Waals surface area contributed by atoms with Crippen molar-refractivity contribution in [2.75, 3.05) is 5.32 Å². The maximum absolute atomic E-state index is 12.6. The van der Waals surface area contributed by atoms with Gasteiger partial charge in [-0.05, 0) is 29.7 Å². The van der Waals surface area contributed by atoms with Gasteiger partial charge >= 0.3 is 0 Å². The second kappa shape index (κ2) is 7.40. The van der Waals surface area contributed by atoms with Crippen molar-refractivity contribution in [3.05, 3.63) is 77.6 Å². The molecule has 4 nitrogen and oxygen atoms in total. The summed E-state index contributed by atoms with van der Waals surface area (Å²) >= 11 is 0. The summed E-state index contributed by atoms with van der Waals surface area (Å²) in [5.74, 6) is -0.131. The van der Waals surface area contributed by atoms with Gasteiger partial charge in [0.05, 0.1) is 11.4 Å². The topological polar surface area (TPSA) is 51.1 Å². The zero-order valence-corrected chi connectivity index (χ0v) is 15.2. The molecule has 0 spiro atoms. The van der Waals surface area contributed by atoms with Gasteiger partial charge in [-0.15, -0.1) is 0 Å². The highest BCUT2D eigenvalue weighted by Gasteiger charge is 2.13. The van der Waals surface area contributed by atoms with E-state index in [1.807, 2.05) is 24.3 Å². The molecule has 0 aliphatic heterocycles. The number of anilines is 1. The van der Waals surface area contributed by atoms with Crippen molar-refractivity contribution in [1.29, 1.82) is 0 Å². The number of rotatable bonds is 5. The van der Waals surface area contributed by atoms with E-state index in [1.165, 1.54) is 12.5 Å². The Kier molecular flexibility index (Phi) is 5.03. The fourth-order valence-corrected chi connectivity index (χ4v) is 2.95. The van der Waals surface area contributed by atoms with Gasteiger partial charge in [-0.2, -0.15) is 0 Å². The Hall–Kier alpha value is -3.14. The highest BCUT2D eigenvalue weighted by atomic mass is 16.1. The van der Waals surface area contributed by atoms with Gasteiger partial charge in [0.1, 0.15) is 0 Å². The standard InChI is InChI=1S/C22H22N2O2/c1-15-4-8-18(9-5-15)19-10-6-17(7-11-19)12-22(26)21-13-20(14-24(21)3)23-16(2)25/h4-11,13-14H,12H2,1-3H3,(H,23,25). The molecule has 0 aliphatic rings. The van der Waals surface area contributed by atoms with Crippen LogP contribution in [0.25, 0.3) is 11.1 Å². The number of carbonyl (C=O) groups excluding carboxylic acids is 2. The molecule has 1 heterocycles. The van der Waals surface area contributed by atoms with Crippen molar-refractivity contribution in [2.45, 2.75) is 20.3 Å². The van der Waals surface area contributed by atoms with Crippen molar-refractivity contribution >= 4 is 17.4 Å². The molecule has 3 aromatic rings. The van der Waals surface area contributed by atoms with E-state index < -0.39 is 0 Å². The fraction of sp³-hybridized carbons (Fsp3) is 0.182. The molecule has 1 amide bonds. The first kappa shape index (κ1) is 17.7. The Morgan fingerprint density at radius 2 is 1.54 bits per heavy atom. The molecule has 0 saturated carbocycles. The molecule has 26 heavy (non-hydrogen) atoms. The fourth-order valence-electron chi connectivity index (χ4n) is 2.95. The normalized spacial score (nSPS) is 10.6. The molecule has 0 fully saturated rings. The van der Waals surface area contributed by atoms with Gasteiger partial charge in [0.2, 0.25) is 5.91 Å². The number of benzene rings is 2. The van der Waals surface area contributed by atoms with E-state index in [2.05, 4.69) is 36.5 Å². The Morgan fingerprint density at radius 1 is 0.962 bits per heavy atom. The molecule has 3 rings (SSSR count). The lowest BCUT2D eigenvalue weighted by atomic mass is 10.0. The maximum atomic E-state index is 12.6. The van der Waals surface area contributed by atoms with Crippen molar-refractivity contribution < 1.29 is 9.59 Å². The van der Waals surface area contributed by atoms with Gasteiger partial charge in [-0.25, -0.2) is 0 Å². The number of nitrogens with zero attached hydrogens (tertiary/aromatic N) is 1. The van der Waals surface area contributed by atoms with Crippen LogP contribution in [0.15, 0.2) is 60.8 Å². The molecule has 2 aromatic carbocycles. The largest absolute Gasteiger partial charge is 0.346 e. The van der Waals surface area contributed by atoms with E-state index in [1.54, 1.807) is 23.9 Å². The smallest absolute Gasteiger partial charge is 0.221 e. The molecular formula is C22H22N2O2.